The number of carbonyl (C=O) groups excluding carboxylic acids is 1. The highest BCUT2D eigenvalue weighted by atomic mass is 32.1. The lowest BCUT2D eigenvalue weighted by molar-refractivity contribution is 0.102. The van der Waals surface area contributed by atoms with Crippen molar-refractivity contribution < 1.29 is 4.79 Å². The highest BCUT2D eigenvalue weighted by Crippen LogP contribution is 2.25. The van der Waals surface area contributed by atoms with Crippen LogP contribution < -0.4 is 5.32 Å². The smallest absolute Gasteiger partial charge is 0.260 e. The SMILES string of the molecule is CCc1ccc(-c2csc(NC(=O)c3ccc[nH]c3=S)n2)cc1. The van der Waals surface area contributed by atoms with Gasteiger partial charge in [0, 0.05) is 17.1 Å². The lowest BCUT2D eigenvalue weighted by Crippen LogP contribution is -2.12. The summed E-state index contributed by atoms with van der Waals surface area (Å²) in [5.74, 6) is -0.255. The molecule has 1 aromatic carbocycles. The van der Waals surface area contributed by atoms with E-state index >= 15 is 0 Å². The predicted molar refractivity (Wildman–Crippen MR) is 96.5 cm³/mol. The lowest BCUT2D eigenvalue weighted by Gasteiger charge is -2.02. The van der Waals surface area contributed by atoms with E-state index in [-0.39, 0.29) is 5.91 Å². The maximum Gasteiger partial charge on any atom is 0.260 e. The molecule has 6 heteroatoms. The van der Waals surface area contributed by atoms with Crippen LogP contribution in [0.4, 0.5) is 5.13 Å². The average molecular weight is 341 g/mol. The third-order valence-electron chi connectivity index (χ3n) is 3.45. The van der Waals surface area contributed by atoms with Crippen LogP contribution in [0.3, 0.4) is 0 Å². The highest BCUT2D eigenvalue weighted by Gasteiger charge is 2.11. The van der Waals surface area contributed by atoms with E-state index in [0.29, 0.717) is 15.3 Å². The van der Waals surface area contributed by atoms with Crippen molar-refractivity contribution in [1.29, 1.82) is 0 Å². The van der Waals surface area contributed by atoms with Gasteiger partial charge in [0.2, 0.25) is 0 Å². The molecular weight excluding hydrogens is 326 g/mol. The molecule has 3 aromatic rings. The number of hydrogen-bond acceptors (Lipinski definition) is 4. The largest absolute Gasteiger partial charge is 0.352 e. The quantitative estimate of drug-likeness (QED) is 0.677. The minimum atomic E-state index is -0.255. The van der Waals surface area contributed by atoms with Gasteiger partial charge in [0.05, 0.1) is 11.3 Å². The number of rotatable bonds is 4. The van der Waals surface area contributed by atoms with Gasteiger partial charge < -0.3 is 4.98 Å². The van der Waals surface area contributed by atoms with Crippen LogP contribution in [0.1, 0.15) is 22.8 Å². The summed E-state index contributed by atoms with van der Waals surface area (Å²) in [5.41, 5.74) is 3.62. The van der Waals surface area contributed by atoms with Crippen LogP contribution in [0.15, 0.2) is 48.0 Å². The number of aryl methyl sites for hydroxylation is 1. The van der Waals surface area contributed by atoms with Gasteiger partial charge >= 0.3 is 0 Å². The molecule has 0 atom stereocenters. The molecule has 2 aromatic heterocycles. The molecule has 0 radical (unpaired) electrons. The normalized spacial score (nSPS) is 10.5. The van der Waals surface area contributed by atoms with Crippen molar-refractivity contribution >= 4 is 34.6 Å². The van der Waals surface area contributed by atoms with Crippen LogP contribution in [0, 0.1) is 4.64 Å². The van der Waals surface area contributed by atoms with E-state index in [0.717, 1.165) is 17.7 Å². The molecule has 0 unspecified atom stereocenters. The number of thiazole rings is 1. The second kappa shape index (κ2) is 6.85. The summed E-state index contributed by atoms with van der Waals surface area (Å²) >= 11 is 6.51. The summed E-state index contributed by atoms with van der Waals surface area (Å²) in [6.45, 7) is 2.12. The van der Waals surface area contributed by atoms with Crippen molar-refractivity contribution in [3.63, 3.8) is 0 Å². The minimum Gasteiger partial charge on any atom is -0.352 e. The first kappa shape index (κ1) is 15.6. The zero-order chi connectivity index (χ0) is 16.2. The van der Waals surface area contributed by atoms with Crippen LogP contribution in [0.25, 0.3) is 11.3 Å². The first-order valence-electron chi connectivity index (χ1n) is 7.21. The maximum atomic E-state index is 12.2. The van der Waals surface area contributed by atoms with E-state index in [4.69, 9.17) is 12.2 Å². The maximum absolute atomic E-state index is 12.2. The number of pyridine rings is 1. The number of aromatic nitrogens is 2. The Morgan fingerprint density at radius 2 is 2.09 bits per heavy atom. The van der Waals surface area contributed by atoms with Crippen LogP contribution in [-0.4, -0.2) is 15.9 Å². The molecule has 3 rings (SSSR count). The number of benzene rings is 1. The zero-order valence-corrected chi connectivity index (χ0v) is 14.1. The number of hydrogen-bond donors (Lipinski definition) is 2. The fraction of sp³-hybridized carbons (Fsp3) is 0.118. The van der Waals surface area contributed by atoms with Gasteiger partial charge in [-0.3, -0.25) is 10.1 Å². The second-order valence-electron chi connectivity index (χ2n) is 4.96. The molecule has 0 bridgehead atoms. The summed E-state index contributed by atoms with van der Waals surface area (Å²) in [7, 11) is 0. The van der Waals surface area contributed by atoms with Crippen molar-refractivity contribution in [2.75, 3.05) is 5.32 Å². The number of nitrogens with one attached hydrogen (secondary N) is 2. The van der Waals surface area contributed by atoms with Gasteiger partial charge in [-0.25, -0.2) is 4.98 Å². The predicted octanol–water partition coefficient (Wildman–Crippen LogP) is 4.68. The molecule has 116 valence electrons. The molecule has 23 heavy (non-hydrogen) atoms. The molecule has 0 saturated heterocycles. The Labute approximate surface area is 143 Å². The molecule has 0 saturated carbocycles. The van der Waals surface area contributed by atoms with Crippen molar-refractivity contribution in [2.24, 2.45) is 0 Å². The van der Waals surface area contributed by atoms with Crippen molar-refractivity contribution in [2.45, 2.75) is 13.3 Å². The molecule has 0 spiro atoms. The number of amides is 1. The molecule has 2 heterocycles. The fourth-order valence-corrected chi connectivity index (χ4v) is 3.08. The Hall–Kier alpha value is -2.31. The van der Waals surface area contributed by atoms with E-state index in [1.54, 1.807) is 18.3 Å². The summed E-state index contributed by atoms with van der Waals surface area (Å²) in [4.78, 5) is 19.6. The Kier molecular flexibility index (Phi) is 4.64. The second-order valence-corrected chi connectivity index (χ2v) is 6.22. The van der Waals surface area contributed by atoms with E-state index in [9.17, 15) is 4.79 Å². The molecule has 0 fully saturated rings. The molecule has 0 aliphatic heterocycles. The van der Waals surface area contributed by atoms with E-state index in [2.05, 4.69) is 34.3 Å². The molecular formula is C17H15N3OS2. The molecule has 4 nitrogen and oxygen atoms in total. The third kappa shape index (κ3) is 3.55. The Morgan fingerprint density at radius 3 is 2.78 bits per heavy atom. The first-order chi connectivity index (χ1) is 11.2. The fourth-order valence-electron chi connectivity index (χ4n) is 2.14. The standard InChI is InChI=1S/C17H15N3OS2/c1-2-11-5-7-12(8-6-11)14-10-23-17(19-14)20-15(21)13-4-3-9-18-16(13)22/h3-10H,2H2,1H3,(H,18,22)(H,19,20,21). The summed E-state index contributed by atoms with van der Waals surface area (Å²) < 4.78 is 0.414. The summed E-state index contributed by atoms with van der Waals surface area (Å²) in [6, 6.07) is 11.7. The van der Waals surface area contributed by atoms with Gasteiger partial charge in [0.25, 0.3) is 5.91 Å². The van der Waals surface area contributed by atoms with Crippen molar-refractivity contribution in [3.8, 4) is 11.3 Å². The van der Waals surface area contributed by atoms with Gasteiger partial charge in [-0.2, -0.15) is 0 Å². The summed E-state index contributed by atoms with van der Waals surface area (Å²) in [6.07, 6.45) is 2.71. The van der Waals surface area contributed by atoms with E-state index in [1.807, 2.05) is 17.5 Å². The van der Waals surface area contributed by atoms with Gasteiger partial charge in [-0.05, 0) is 24.1 Å². The lowest BCUT2D eigenvalue weighted by atomic mass is 10.1. The molecule has 0 aliphatic carbocycles. The van der Waals surface area contributed by atoms with Gasteiger partial charge in [0.1, 0.15) is 4.64 Å². The highest BCUT2D eigenvalue weighted by molar-refractivity contribution is 7.71. The van der Waals surface area contributed by atoms with Crippen molar-refractivity contribution in [1.82, 2.24) is 9.97 Å². The molecule has 0 aliphatic rings. The average Bonchev–Trinajstić information content (AvgIpc) is 3.03. The van der Waals surface area contributed by atoms with Gasteiger partial charge in [0.15, 0.2) is 5.13 Å². The first-order valence-corrected chi connectivity index (χ1v) is 8.50. The number of carbonyl (C=O) groups is 1. The van der Waals surface area contributed by atoms with Crippen LogP contribution in [-0.2, 0) is 6.42 Å². The molecule has 2 N–H and O–H groups in total. The number of anilines is 1. The third-order valence-corrected chi connectivity index (χ3v) is 4.54. The van der Waals surface area contributed by atoms with Gasteiger partial charge in [-0.1, -0.05) is 43.4 Å². The zero-order valence-electron chi connectivity index (χ0n) is 12.5. The number of aromatic amines is 1. The van der Waals surface area contributed by atoms with E-state index < -0.39 is 0 Å². The van der Waals surface area contributed by atoms with Crippen LogP contribution in [0.5, 0.6) is 0 Å². The Morgan fingerprint density at radius 1 is 1.30 bits per heavy atom. The number of H-pyrrole nitrogens is 1. The monoisotopic (exact) mass is 341 g/mol. The minimum absolute atomic E-state index is 0.255. The van der Waals surface area contributed by atoms with Gasteiger partial charge in [-0.15, -0.1) is 11.3 Å². The Bertz CT molecular complexity index is 881. The Balaban J connectivity index is 1.78. The number of nitrogens with zero attached hydrogens (tertiary/aromatic N) is 1. The molecule has 1 amide bonds. The summed E-state index contributed by atoms with van der Waals surface area (Å²) in [5, 5.41) is 5.28. The van der Waals surface area contributed by atoms with E-state index in [1.165, 1.54) is 16.9 Å². The van der Waals surface area contributed by atoms with Crippen molar-refractivity contribution in [3.05, 3.63) is 63.7 Å². The topological polar surface area (TPSA) is 57.8 Å². The van der Waals surface area contributed by atoms with Crippen LogP contribution >= 0.6 is 23.6 Å². The van der Waals surface area contributed by atoms with Crippen LogP contribution in [0.2, 0.25) is 0 Å².